The lowest BCUT2D eigenvalue weighted by molar-refractivity contribution is -0.123. The zero-order valence-electron chi connectivity index (χ0n) is 25.9. The fourth-order valence-electron chi connectivity index (χ4n) is 3.97. The highest BCUT2D eigenvalue weighted by Gasteiger charge is 2.68. The molecule has 4 heterocycles. The number of hydrogen-bond donors (Lipinski definition) is 1. The third kappa shape index (κ3) is 5.60. The van der Waals surface area contributed by atoms with Gasteiger partial charge >= 0.3 is 0 Å². The summed E-state index contributed by atoms with van der Waals surface area (Å²) >= 11 is 0. The molecule has 2 aliphatic heterocycles. The van der Waals surface area contributed by atoms with E-state index >= 15 is 0 Å². The number of hydrogen-bond acceptors (Lipinski definition) is 8. The summed E-state index contributed by atoms with van der Waals surface area (Å²) in [6, 6.07) is 0. The molecule has 1 N–H and O–H groups in total. The molecule has 0 aliphatic carbocycles. The first-order chi connectivity index (χ1) is 17.6. The molecule has 4 atom stereocenters. The van der Waals surface area contributed by atoms with Gasteiger partial charge in [0.25, 0.3) is 0 Å². The number of nitrogens with one attached hydrogen (secondary N) is 1. The number of fused-ring (bicyclic) bond motifs is 1. The summed E-state index contributed by atoms with van der Waals surface area (Å²) in [7, 11) is -4.48. The minimum atomic E-state index is -2.27. The zero-order valence-corrected chi connectivity index (χ0v) is 27.9. The van der Waals surface area contributed by atoms with Gasteiger partial charge in [-0.05, 0) is 36.3 Å². The second kappa shape index (κ2) is 9.42. The van der Waals surface area contributed by atoms with Crippen molar-refractivity contribution < 1.29 is 23.1 Å². The van der Waals surface area contributed by atoms with E-state index < -0.39 is 46.3 Å². The summed E-state index contributed by atoms with van der Waals surface area (Å²) in [5, 5.41) is 2.88. The molecular weight excluding hydrogens is 530 g/mol. The monoisotopic (exact) mass is 577 g/mol. The predicted molar refractivity (Wildman–Crippen MR) is 156 cm³/mol. The number of carbonyl (C=O) groups is 1. The number of rotatable bonds is 6. The minimum absolute atomic E-state index is 0.00220. The molecule has 2 fully saturated rings. The van der Waals surface area contributed by atoms with Crippen LogP contribution >= 0.6 is 0 Å². The maximum Gasteiger partial charge on any atom is 0.230 e. The second-order valence-corrected chi connectivity index (χ2v) is 24.5. The highest BCUT2D eigenvalue weighted by atomic mass is 28.4. The van der Waals surface area contributed by atoms with Crippen molar-refractivity contribution in [2.24, 2.45) is 5.41 Å². The SMILES string of the molecule is CC(C)(C)C(=O)Nc1ncnc2c1ncn2[C@@H]1O[C@@]2(CO2)[C@@H](O[Si](C)(C)C(C)(C)C)[C@H]1O[Si](C)(C)C(C)(C)C. The second-order valence-electron chi connectivity index (χ2n) is 15.0. The first kappa shape index (κ1) is 30.3. The molecular formula is C27H47N5O5Si2. The van der Waals surface area contributed by atoms with Gasteiger partial charge in [0.2, 0.25) is 11.7 Å². The molecule has 0 aromatic carbocycles. The number of aromatic nitrogens is 4. The van der Waals surface area contributed by atoms with E-state index in [1.165, 1.54) is 6.33 Å². The fourth-order valence-corrected chi connectivity index (χ4v) is 6.55. The van der Waals surface area contributed by atoms with E-state index in [1.807, 2.05) is 25.3 Å². The number of imidazole rings is 1. The van der Waals surface area contributed by atoms with E-state index in [9.17, 15) is 4.79 Å². The van der Waals surface area contributed by atoms with Gasteiger partial charge in [-0.25, -0.2) is 15.0 Å². The topological polar surface area (TPSA) is 113 Å². The molecule has 0 radical (unpaired) electrons. The number of amides is 1. The van der Waals surface area contributed by atoms with E-state index in [2.05, 4.69) is 88.0 Å². The van der Waals surface area contributed by atoms with Gasteiger partial charge in [0.15, 0.2) is 39.8 Å². The van der Waals surface area contributed by atoms with Crippen molar-refractivity contribution in [3.05, 3.63) is 12.7 Å². The third-order valence-electron chi connectivity index (χ3n) is 8.77. The Balaban J connectivity index is 1.78. The van der Waals surface area contributed by atoms with Crippen LogP contribution in [0.2, 0.25) is 36.3 Å². The van der Waals surface area contributed by atoms with Gasteiger partial charge in [-0.15, -0.1) is 0 Å². The normalized spacial score (nSPS) is 26.4. The Bertz CT molecular complexity index is 1240. The van der Waals surface area contributed by atoms with Crippen molar-refractivity contribution >= 4 is 39.5 Å². The highest BCUT2D eigenvalue weighted by Crippen LogP contribution is 2.53. The van der Waals surface area contributed by atoms with Crippen LogP contribution in [0.25, 0.3) is 11.2 Å². The van der Waals surface area contributed by atoms with Crippen molar-refractivity contribution in [2.45, 2.75) is 123 Å². The zero-order chi connectivity index (χ0) is 29.4. The van der Waals surface area contributed by atoms with E-state index in [-0.39, 0.29) is 16.0 Å². The van der Waals surface area contributed by atoms with E-state index in [1.54, 1.807) is 6.33 Å². The van der Waals surface area contributed by atoms with Crippen LogP contribution in [0.3, 0.4) is 0 Å². The molecule has 10 nitrogen and oxygen atoms in total. The van der Waals surface area contributed by atoms with Crippen molar-refractivity contribution in [1.29, 1.82) is 0 Å². The molecule has 1 amide bonds. The van der Waals surface area contributed by atoms with Crippen LogP contribution < -0.4 is 5.32 Å². The molecule has 0 saturated carbocycles. The summed E-state index contributed by atoms with van der Waals surface area (Å²) in [6.07, 6.45) is 1.69. The molecule has 2 aliphatic rings. The van der Waals surface area contributed by atoms with Crippen molar-refractivity contribution in [1.82, 2.24) is 19.5 Å². The van der Waals surface area contributed by atoms with Crippen LogP contribution in [0.4, 0.5) is 5.82 Å². The molecule has 0 bridgehead atoms. The first-order valence-corrected chi connectivity index (χ1v) is 19.6. The first-order valence-electron chi connectivity index (χ1n) is 13.8. The third-order valence-corrected chi connectivity index (χ3v) is 17.7. The van der Waals surface area contributed by atoms with Crippen LogP contribution in [0.1, 0.15) is 68.5 Å². The van der Waals surface area contributed by atoms with Crippen molar-refractivity contribution in [3.63, 3.8) is 0 Å². The van der Waals surface area contributed by atoms with Gasteiger partial charge in [-0.3, -0.25) is 9.36 Å². The molecule has 12 heteroatoms. The van der Waals surface area contributed by atoms with Gasteiger partial charge in [0, 0.05) is 5.41 Å². The number of epoxide rings is 1. The molecule has 39 heavy (non-hydrogen) atoms. The predicted octanol–water partition coefficient (Wildman–Crippen LogP) is 5.85. The summed E-state index contributed by atoms with van der Waals surface area (Å²) in [5.41, 5.74) is 0.455. The Hall–Kier alpha value is -1.71. The van der Waals surface area contributed by atoms with Crippen molar-refractivity contribution in [3.8, 4) is 0 Å². The molecule has 2 aromatic heterocycles. The molecule has 2 saturated heterocycles. The number of nitrogens with zero attached hydrogens (tertiary/aromatic N) is 4. The van der Waals surface area contributed by atoms with Gasteiger partial charge in [-0.2, -0.15) is 0 Å². The quantitative estimate of drug-likeness (QED) is 0.336. The number of anilines is 1. The Morgan fingerprint density at radius 2 is 1.54 bits per heavy atom. The molecule has 4 rings (SSSR count). The van der Waals surface area contributed by atoms with Gasteiger partial charge in [-0.1, -0.05) is 62.3 Å². The summed E-state index contributed by atoms with van der Waals surface area (Å²) in [5.74, 6) is -0.661. The van der Waals surface area contributed by atoms with Crippen LogP contribution in [0, 0.1) is 5.41 Å². The lowest BCUT2D eigenvalue weighted by Gasteiger charge is -2.43. The number of ether oxygens (including phenoxy) is 2. The average molecular weight is 578 g/mol. The van der Waals surface area contributed by atoms with Gasteiger partial charge in [0.05, 0.1) is 6.33 Å². The standard InChI is InChI=1S/C27H47N5O5Si2/c1-24(2,3)23(33)31-20-17-21(29-15-28-20)32(16-30-17)22-18(36-38(10,11)25(4,5)6)19(27(35-22)14-34-27)37-39(12,13)26(7,8)9/h15-16,18-19,22H,14H2,1-13H3,(H,28,29,31,33)/t18-,19+,22-,27+/m1/s1. The van der Waals surface area contributed by atoms with Crippen LogP contribution in [0.15, 0.2) is 12.7 Å². The summed E-state index contributed by atoms with van der Waals surface area (Å²) < 4.78 is 28.7. The van der Waals surface area contributed by atoms with E-state index in [4.69, 9.17) is 18.3 Å². The van der Waals surface area contributed by atoms with Gasteiger partial charge in [0.1, 0.15) is 25.1 Å². The molecule has 2 aromatic rings. The molecule has 0 unspecified atom stereocenters. The molecule has 1 spiro atoms. The van der Waals surface area contributed by atoms with Crippen LogP contribution in [-0.2, 0) is 23.1 Å². The van der Waals surface area contributed by atoms with E-state index in [0.717, 1.165) is 0 Å². The van der Waals surface area contributed by atoms with Gasteiger partial charge < -0.3 is 23.6 Å². The Labute approximate surface area is 234 Å². The summed E-state index contributed by atoms with van der Waals surface area (Å²) in [4.78, 5) is 26.2. The molecule has 218 valence electrons. The maximum absolute atomic E-state index is 12.7. The van der Waals surface area contributed by atoms with E-state index in [0.29, 0.717) is 23.6 Å². The largest absolute Gasteiger partial charge is 0.406 e. The Kier molecular flexibility index (Phi) is 7.30. The smallest absolute Gasteiger partial charge is 0.230 e. The van der Waals surface area contributed by atoms with Crippen molar-refractivity contribution in [2.75, 3.05) is 11.9 Å². The Morgan fingerprint density at radius 1 is 0.974 bits per heavy atom. The highest BCUT2D eigenvalue weighted by molar-refractivity contribution is 6.74. The average Bonchev–Trinajstić information content (AvgIpc) is 3.33. The lowest BCUT2D eigenvalue weighted by Crippen LogP contribution is -2.54. The maximum atomic E-state index is 12.7. The minimum Gasteiger partial charge on any atom is -0.406 e. The van der Waals surface area contributed by atoms with Crippen LogP contribution in [-0.4, -0.2) is 66.7 Å². The lowest BCUT2D eigenvalue weighted by atomic mass is 9.96. The summed E-state index contributed by atoms with van der Waals surface area (Å²) in [6.45, 7) is 28.3. The fraction of sp³-hybridized carbons (Fsp3) is 0.778. The Morgan fingerprint density at radius 3 is 2.05 bits per heavy atom. The van der Waals surface area contributed by atoms with Crippen LogP contribution in [0.5, 0.6) is 0 Å². The number of carbonyl (C=O) groups excluding carboxylic acids is 1.